The van der Waals surface area contributed by atoms with E-state index in [0.717, 1.165) is 17.7 Å². The maximum absolute atomic E-state index is 13.4. The van der Waals surface area contributed by atoms with Gasteiger partial charge in [0.05, 0.1) is 11.7 Å². The predicted octanol–water partition coefficient (Wildman–Crippen LogP) is 2.97. The molecule has 2 rings (SSSR count). The Labute approximate surface area is 121 Å². The van der Waals surface area contributed by atoms with E-state index in [1.165, 1.54) is 18.2 Å². The maximum atomic E-state index is 13.4. The van der Waals surface area contributed by atoms with Crippen molar-refractivity contribution in [3.05, 3.63) is 71.0 Å². The average Bonchev–Trinajstić information content (AvgIpc) is 2.43. The first-order chi connectivity index (χ1) is 10.1. The van der Waals surface area contributed by atoms with Crippen LogP contribution < -0.4 is 5.32 Å². The lowest BCUT2D eigenvalue weighted by Crippen LogP contribution is -2.25. The van der Waals surface area contributed by atoms with E-state index in [1.807, 2.05) is 0 Å². The maximum Gasteiger partial charge on any atom is 0.131 e. The van der Waals surface area contributed by atoms with E-state index in [0.29, 0.717) is 13.0 Å². The Bertz CT molecular complexity index is 584. The van der Waals surface area contributed by atoms with Crippen molar-refractivity contribution in [3.63, 3.8) is 0 Å². The van der Waals surface area contributed by atoms with Gasteiger partial charge in [-0.25, -0.2) is 13.2 Å². The zero-order valence-electron chi connectivity index (χ0n) is 11.3. The number of halogens is 3. The first-order valence-electron chi connectivity index (χ1n) is 6.65. The van der Waals surface area contributed by atoms with Crippen molar-refractivity contribution in [2.24, 2.45) is 0 Å². The zero-order valence-corrected chi connectivity index (χ0v) is 11.3. The van der Waals surface area contributed by atoms with E-state index in [-0.39, 0.29) is 17.9 Å². The van der Waals surface area contributed by atoms with Crippen molar-refractivity contribution in [2.75, 3.05) is 13.1 Å². The first kappa shape index (κ1) is 15.5. The summed E-state index contributed by atoms with van der Waals surface area (Å²) in [6, 6.07) is 9.66. The normalized spacial score (nSPS) is 12.4. The second-order valence-electron chi connectivity index (χ2n) is 4.74. The van der Waals surface area contributed by atoms with E-state index in [2.05, 4.69) is 5.32 Å². The molecule has 0 heterocycles. The molecule has 1 atom stereocenters. The molecule has 1 unspecified atom stereocenters. The van der Waals surface area contributed by atoms with Crippen LogP contribution in [-0.4, -0.2) is 18.2 Å². The lowest BCUT2D eigenvalue weighted by atomic mass is 10.1. The summed E-state index contributed by atoms with van der Waals surface area (Å²) in [5, 5.41) is 12.7. The smallest absolute Gasteiger partial charge is 0.131 e. The van der Waals surface area contributed by atoms with Gasteiger partial charge in [0, 0.05) is 6.54 Å². The van der Waals surface area contributed by atoms with E-state index < -0.39 is 17.7 Å². The molecule has 0 radical (unpaired) electrons. The van der Waals surface area contributed by atoms with Crippen LogP contribution in [0, 0.1) is 17.5 Å². The first-order valence-corrected chi connectivity index (χ1v) is 6.65. The van der Waals surface area contributed by atoms with Gasteiger partial charge in [-0.05, 0) is 42.8 Å². The molecule has 0 aliphatic carbocycles. The van der Waals surface area contributed by atoms with Crippen molar-refractivity contribution in [1.29, 1.82) is 0 Å². The van der Waals surface area contributed by atoms with Gasteiger partial charge in [0.25, 0.3) is 0 Å². The van der Waals surface area contributed by atoms with Gasteiger partial charge in [-0.15, -0.1) is 0 Å². The van der Waals surface area contributed by atoms with Gasteiger partial charge < -0.3 is 10.4 Å². The van der Waals surface area contributed by atoms with Gasteiger partial charge in [0.15, 0.2) is 0 Å². The minimum Gasteiger partial charge on any atom is -0.387 e. The fourth-order valence-corrected chi connectivity index (χ4v) is 2.10. The molecule has 0 saturated heterocycles. The van der Waals surface area contributed by atoms with E-state index in [9.17, 15) is 18.3 Å². The highest BCUT2D eigenvalue weighted by Gasteiger charge is 2.16. The standard InChI is InChI=1S/C16H16F3NO/c17-12-4-1-3-11(9-12)7-8-20-10-15(21)16-13(18)5-2-6-14(16)19/h1-6,9,15,20-21H,7-8,10H2. The lowest BCUT2D eigenvalue weighted by molar-refractivity contribution is 0.165. The Hall–Kier alpha value is -1.85. The summed E-state index contributed by atoms with van der Waals surface area (Å²) >= 11 is 0. The SMILES string of the molecule is OC(CNCCc1cccc(F)c1)c1c(F)cccc1F. The Morgan fingerprint density at radius 1 is 1.00 bits per heavy atom. The van der Waals surface area contributed by atoms with Crippen LogP contribution in [0.4, 0.5) is 13.2 Å². The molecule has 5 heteroatoms. The van der Waals surface area contributed by atoms with Crippen molar-refractivity contribution < 1.29 is 18.3 Å². The van der Waals surface area contributed by atoms with Crippen molar-refractivity contribution >= 4 is 0 Å². The predicted molar refractivity (Wildman–Crippen MR) is 74.3 cm³/mol. The zero-order chi connectivity index (χ0) is 15.2. The molecular formula is C16H16F3NO. The fourth-order valence-electron chi connectivity index (χ4n) is 2.10. The monoisotopic (exact) mass is 295 g/mol. The summed E-state index contributed by atoms with van der Waals surface area (Å²) in [7, 11) is 0. The van der Waals surface area contributed by atoms with Crippen LogP contribution in [0.1, 0.15) is 17.2 Å². The number of nitrogens with one attached hydrogen (secondary N) is 1. The Kier molecular flexibility index (Phi) is 5.36. The molecule has 0 saturated carbocycles. The summed E-state index contributed by atoms with van der Waals surface area (Å²) in [5.41, 5.74) is 0.477. The van der Waals surface area contributed by atoms with E-state index >= 15 is 0 Å². The summed E-state index contributed by atoms with van der Waals surface area (Å²) in [6.07, 6.45) is -0.705. The highest BCUT2D eigenvalue weighted by atomic mass is 19.1. The topological polar surface area (TPSA) is 32.3 Å². The molecular weight excluding hydrogens is 279 g/mol. The summed E-state index contributed by atoms with van der Waals surface area (Å²) < 4.78 is 39.9. The van der Waals surface area contributed by atoms with Crippen molar-refractivity contribution in [3.8, 4) is 0 Å². The summed E-state index contributed by atoms with van der Waals surface area (Å²) in [5.74, 6) is -1.84. The van der Waals surface area contributed by atoms with Crippen molar-refractivity contribution in [2.45, 2.75) is 12.5 Å². The summed E-state index contributed by atoms with van der Waals surface area (Å²) in [6.45, 7) is 0.490. The largest absolute Gasteiger partial charge is 0.387 e. The number of rotatable bonds is 6. The second kappa shape index (κ2) is 7.24. The van der Waals surface area contributed by atoms with Crippen LogP contribution in [0.3, 0.4) is 0 Å². The Morgan fingerprint density at radius 3 is 2.33 bits per heavy atom. The van der Waals surface area contributed by atoms with Crippen molar-refractivity contribution in [1.82, 2.24) is 5.32 Å². The van der Waals surface area contributed by atoms with Gasteiger partial charge in [0.1, 0.15) is 17.5 Å². The molecule has 0 spiro atoms. The van der Waals surface area contributed by atoms with Gasteiger partial charge in [-0.3, -0.25) is 0 Å². The Balaban J connectivity index is 1.83. The van der Waals surface area contributed by atoms with Crippen LogP contribution in [0.25, 0.3) is 0 Å². The average molecular weight is 295 g/mol. The molecule has 2 aromatic carbocycles. The number of aliphatic hydroxyl groups is 1. The molecule has 2 N–H and O–H groups in total. The third kappa shape index (κ3) is 4.31. The number of hydrogen-bond donors (Lipinski definition) is 2. The minimum absolute atomic E-state index is 0.0210. The van der Waals surface area contributed by atoms with Gasteiger partial charge >= 0.3 is 0 Å². The molecule has 2 aromatic rings. The van der Waals surface area contributed by atoms with Crippen LogP contribution in [0.2, 0.25) is 0 Å². The molecule has 21 heavy (non-hydrogen) atoms. The van der Waals surface area contributed by atoms with Gasteiger partial charge in [0.2, 0.25) is 0 Å². The Morgan fingerprint density at radius 2 is 1.67 bits per heavy atom. The molecule has 2 nitrogen and oxygen atoms in total. The quantitative estimate of drug-likeness (QED) is 0.803. The van der Waals surface area contributed by atoms with Gasteiger partial charge in [-0.2, -0.15) is 0 Å². The molecule has 0 aliphatic rings. The number of aliphatic hydroxyl groups excluding tert-OH is 1. The van der Waals surface area contributed by atoms with Crippen LogP contribution >= 0.6 is 0 Å². The molecule has 112 valence electrons. The second-order valence-corrected chi connectivity index (χ2v) is 4.74. The van der Waals surface area contributed by atoms with E-state index in [1.54, 1.807) is 12.1 Å². The molecule has 0 amide bonds. The minimum atomic E-state index is -1.27. The fraction of sp³-hybridized carbons (Fsp3) is 0.250. The van der Waals surface area contributed by atoms with Gasteiger partial charge in [-0.1, -0.05) is 18.2 Å². The highest BCUT2D eigenvalue weighted by molar-refractivity contribution is 5.22. The lowest BCUT2D eigenvalue weighted by Gasteiger charge is -2.14. The molecule has 0 fully saturated rings. The number of hydrogen-bond acceptors (Lipinski definition) is 2. The van der Waals surface area contributed by atoms with Crippen LogP contribution in [-0.2, 0) is 6.42 Å². The van der Waals surface area contributed by atoms with Crippen LogP contribution in [0.5, 0.6) is 0 Å². The number of benzene rings is 2. The third-order valence-electron chi connectivity index (χ3n) is 3.15. The van der Waals surface area contributed by atoms with Crippen LogP contribution in [0.15, 0.2) is 42.5 Å². The van der Waals surface area contributed by atoms with E-state index in [4.69, 9.17) is 0 Å². The molecule has 0 aromatic heterocycles. The molecule has 0 bridgehead atoms. The third-order valence-corrected chi connectivity index (χ3v) is 3.15. The highest BCUT2D eigenvalue weighted by Crippen LogP contribution is 2.19. The molecule has 0 aliphatic heterocycles. The summed E-state index contributed by atoms with van der Waals surface area (Å²) in [4.78, 5) is 0.